The number of nitro groups is 1. The van der Waals surface area contributed by atoms with Crippen LogP contribution in [0.1, 0.15) is 39.0 Å². The fraction of sp³-hybridized carbons (Fsp3) is 0.263. The molecule has 0 aliphatic heterocycles. The van der Waals surface area contributed by atoms with Crippen molar-refractivity contribution >= 4 is 34.9 Å². The predicted octanol–water partition coefficient (Wildman–Crippen LogP) is 3.26. The summed E-state index contributed by atoms with van der Waals surface area (Å²) in [6.07, 6.45) is 5.57. The third-order valence-corrected chi connectivity index (χ3v) is 5.64. The summed E-state index contributed by atoms with van der Waals surface area (Å²) in [6.45, 7) is 2.20. The lowest BCUT2D eigenvalue weighted by Crippen LogP contribution is -2.40. The molecule has 7 nitrogen and oxygen atoms in total. The molecule has 27 heavy (non-hydrogen) atoms. The normalized spacial score (nSPS) is 16.0. The average Bonchev–Trinajstić information content (AvgIpc) is 3.07. The van der Waals surface area contributed by atoms with E-state index in [2.05, 4.69) is 17.8 Å². The number of carbonyl (C=O) groups excluding carboxylic acids is 2. The minimum absolute atomic E-state index is 0.0935. The second-order valence-corrected chi connectivity index (χ2v) is 7.64. The maximum absolute atomic E-state index is 12.2. The molecule has 2 N–H and O–H groups in total. The molecule has 1 heterocycles. The zero-order valence-corrected chi connectivity index (χ0v) is 15.5. The summed E-state index contributed by atoms with van der Waals surface area (Å²) in [7, 11) is 0. The Morgan fingerprint density at radius 3 is 2.85 bits per heavy atom. The van der Waals surface area contributed by atoms with E-state index < -0.39 is 10.8 Å². The van der Waals surface area contributed by atoms with Crippen molar-refractivity contribution in [1.29, 1.82) is 0 Å². The Morgan fingerprint density at radius 2 is 2.07 bits per heavy atom. The van der Waals surface area contributed by atoms with E-state index >= 15 is 0 Å². The van der Waals surface area contributed by atoms with Gasteiger partial charge in [-0.05, 0) is 49.0 Å². The average molecular weight is 385 g/mol. The van der Waals surface area contributed by atoms with Crippen molar-refractivity contribution in [3.05, 3.63) is 67.4 Å². The number of fused-ring (bicyclic) bond motifs is 1. The number of rotatable bonds is 4. The smallest absolute Gasteiger partial charge is 0.268 e. The van der Waals surface area contributed by atoms with Crippen LogP contribution in [0.4, 0.5) is 5.69 Å². The molecule has 1 aromatic heterocycles. The Labute approximate surface area is 160 Å². The van der Waals surface area contributed by atoms with Crippen LogP contribution in [0.25, 0.3) is 6.08 Å². The largest absolute Gasteiger partial charge is 0.279 e. The number of nitro benzene ring substituents is 1. The van der Waals surface area contributed by atoms with Gasteiger partial charge in [0.25, 0.3) is 17.5 Å². The fourth-order valence-electron chi connectivity index (χ4n) is 3.00. The van der Waals surface area contributed by atoms with Gasteiger partial charge in [0.15, 0.2) is 0 Å². The molecule has 0 radical (unpaired) electrons. The number of amides is 2. The van der Waals surface area contributed by atoms with Gasteiger partial charge in [-0.25, -0.2) is 0 Å². The third-order valence-electron chi connectivity index (χ3n) is 4.40. The number of nitrogens with zero attached hydrogens (tertiary/aromatic N) is 1. The molecule has 0 spiro atoms. The first-order valence-electron chi connectivity index (χ1n) is 8.57. The minimum Gasteiger partial charge on any atom is -0.268 e. The lowest BCUT2D eigenvalue weighted by atomic mass is 9.90. The fourth-order valence-corrected chi connectivity index (χ4v) is 4.10. The molecular weight excluding hydrogens is 366 g/mol. The molecule has 2 aromatic rings. The first kappa shape index (κ1) is 18.8. The second-order valence-electron chi connectivity index (χ2n) is 6.50. The molecule has 8 heteroatoms. The van der Waals surface area contributed by atoms with Crippen LogP contribution in [0, 0.1) is 16.0 Å². The summed E-state index contributed by atoms with van der Waals surface area (Å²) in [5.41, 5.74) is 6.11. The number of hydrogen-bond acceptors (Lipinski definition) is 5. The zero-order valence-electron chi connectivity index (χ0n) is 14.7. The Bertz CT molecular complexity index is 919. The number of nitrogens with one attached hydrogen (secondary N) is 2. The summed E-state index contributed by atoms with van der Waals surface area (Å²) >= 11 is 1.46. The summed E-state index contributed by atoms with van der Waals surface area (Å²) < 4.78 is 0. The quantitative estimate of drug-likeness (QED) is 0.479. The molecule has 0 saturated carbocycles. The van der Waals surface area contributed by atoms with Crippen molar-refractivity contribution in [2.24, 2.45) is 5.92 Å². The van der Waals surface area contributed by atoms with Gasteiger partial charge in [-0.15, -0.1) is 11.3 Å². The molecule has 1 aliphatic carbocycles. The van der Waals surface area contributed by atoms with Crippen molar-refractivity contribution < 1.29 is 14.5 Å². The van der Waals surface area contributed by atoms with Crippen LogP contribution in [0.15, 0.2) is 36.4 Å². The van der Waals surface area contributed by atoms with Crippen LogP contribution >= 0.6 is 11.3 Å². The topological polar surface area (TPSA) is 101 Å². The van der Waals surface area contributed by atoms with E-state index in [0.717, 1.165) is 25.3 Å². The highest BCUT2D eigenvalue weighted by molar-refractivity contribution is 7.14. The molecule has 1 aromatic carbocycles. The molecule has 0 saturated heterocycles. The van der Waals surface area contributed by atoms with Gasteiger partial charge in [0.1, 0.15) is 0 Å². The SMILES string of the molecule is C[C@H]1CCc2sc(C(=O)NNC(=O)/C=C/c3ccccc3[N+](=O)[O-])cc2C1. The monoisotopic (exact) mass is 385 g/mol. The van der Waals surface area contributed by atoms with Gasteiger partial charge in [0.2, 0.25) is 0 Å². The number of aryl methyl sites for hydroxylation is 1. The molecule has 1 aliphatic rings. The molecular formula is C19H19N3O4S. The van der Waals surface area contributed by atoms with Crippen LogP contribution in [-0.2, 0) is 17.6 Å². The van der Waals surface area contributed by atoms with Gasteiger partial charge in [-0.2, -0.15) is 0 Å². The van der Waals surface area contributed by atoms with Crippen molar-refractivity contribution in [3.8, 4) is 0 Å². The molecule has 2 amide bonds. The summed E-state index contributed by atoms with van der Waals surface area (Å²) in [6, 6.07) is 7.99. The standard InChI is InChI=1S/C19H19N3O4S/c1-12-6-8-16-14(10-12)11-17(27-16)19(24)21-20-18(23)9-7-13-4-2-3-5-15(13)22(25)26/h2-5,7,9,11-12H,6,8,10H2,1H3,(H,20,23)(H,21,24)/b9-7+/t12-/m0/s1. The van der Waals surface area contributed by atoms with E-state index in [0.29, 0.717) is 16.4 Å². The molecule has 0 unspecified atom stereocenters. The first-order chi connectivity index (χ1) is 12.9. The third kappa shape index (κ3) is 4.59. The molecule has 0 fully saturated rings. The van der Waals surface area contributed by atoms with E-state index in [1.807, 2.05) is 6.07 Å². The summed E-state index contributed by atoms with van der Waals surface area (Å²) in [5.74, 6) is -0.319. The van der Waals surface area contributed by atoms with Gasteiger partial charge in [0.05, 0.1) is 15.4 Å². The highest BCUT2D eigenvalue weighted by Gasteiger charge is 2.20. The highest BCUT2D eigenvalue weighted by atomic mass is 32.1. The number of para-hydroxylation sites is 1. The number of carbonyl (C=O) groups is 2. The Hall–Kier alpha value is -3.00. The minimum atomic E-state index is -0.573. The number of hydrazine groups is 1. The van der Waals surface area contributed by atoms with Crippen molar-refractivity contribution in [3.63, 3.8) is 0 Å². The highest BCUT2D eigenvalue weighted by Crippen LogP contribution is 2.32. The van der Waals surface area contributed by atoms with Crippen molar-refractivity contribution in [2.75, 3.05) is 0 Å². The lowest BCUT2D eigenvalue weighted by molar-refractivity contribution is -0.385. The van der Waals surface area contributed by atoms with Crippen LogP contribution in [0.3, 0.4) is 0 Å². The summed E-state index contributed by atoms with van der Waals surface area (Å²) in [4.78, 5) is 36.4. The van der Waals surface area contributed by atoms with Gasteiger partial charge < -0.3 is 0 Å². The zero-order chi connectivity index (χ0) is 19.4. The van der Waals surface area contributed by atoms with Crippen LogP contribution in [0.5, 0.6) is 0 Å². The Morgan fingerprint density at radius 1 is 1.30 bits per heavy atom. The van der Waals surface area contributed by atoms with Crippen LogP contribution in [-0.4, -0.2) is 16.7 Å². The van der Waals surface area contributed by atoms with E-state index in [4.69, 9.17) is 0 Å². The maximum Gasteiger partial charge on any atom is 0.279 e. The van der Waals surface area contributed by atoms with Gasteiger partial charge >= 0.3 is 0 Å². The number of thiophene rings is 1. The second kappa shape index (κ2) is 8.13. The number of hydrogen-bond donors (Lipinski definition) is 2. The molecule has 140 valence electrons. The van der Waals surface area contributed by atoms with Gasteiger partial charge in [-0.3, -0.25) is 30.6 Å². The van der Waals surface area contributed by atoms with E-state index in [9.17, 15) is 19.7 Å². The maximum atomic E-state index is 12.2. The molecule has 0 bridgehead atoms. The lowest BCUT2D eigenvalue weighted by Gasteiger charge is -2.16. The Balaban J connectivity index is 1.58. The van der Waals surface area contributed by atoms with Crippen molar-refractivity contribution in [2.45, 2.75) is 26.2 Å². The first-order valence-corrected chi connectivity index (χ1v) is 9.39. The molecule has 1 atom stereocenters. The van der Waals surface area contributed by atoms with Crippen LogP contribution < -0.4 is 10.9 Å². The summed E-state index contributed by atoms with van der Waals surface area (Å²) in [5, 5.41) is 11.0. The van der Waals surface area contributed by atoms with E-state index in [-0.39, 0.29) is 11.6 Å². The Kier molecular flexibility index (Phi) is 5.66. The predicted molar refractivity (Wildman–Crippen MR) is 103 cm³/mol. The van der Waals surface area contributed by atoms with Gasteiger partial charge in [-0.1, -0.05) is 19.1 Å². The molecule has 3 rings (SSSR count). The van der Waals surface area contributed by atoms with Crippen LogP contribution in [0.2, 0.25) is 0 Å². The van der Waals surface area contributed by atoms with E-state index in [1.165, 1.54) is 40.0 Å². The van der Waals surface area contributed by atoms with E-state index in [1.54, 1.807) is 12.1 Å². The number of benzene rings is 1. The van der Waals surface area contributed by atoms with Crippen molar-refractivity contribution in [1.82, 2.24) is 10.9 Å². The van der Waals surface area contributed by atoms with Gasteiger partial charge in [0, 0.05) is 17.0 Å².